The van der Waals surface area contributed by atoms with E-state index in [1.807, 2.05) is 31.2 Å². The standard InChI is InChI=1S/C16H25NO2S/c1-3-9-17-16(14-8-10-19-11-14)12-20(18)15-6-4-13(2)5-7-15/h4-7,14,16-17H,3,8-12H2,1-2H3. The molecular formula is C16H25NO2S. The molecule has 112 valence electrons. The van der Waals surface area contributed by atoms with Gasteiger partial charge in [0.05, 0.1) is 17.4 Å². The van der Waals surface area contributed by atoms with Crippen molar-refractivity contribution in [1.29, 1.82) is 0 Å². The molecule has 1 fully saturated rings. The normalized spacial score (nSPS) is 21.8. The molecule has 0 aliphatic carbocycles. The minimum absolute atomic E-state index is 0.291. The molecule has 0 radical (unpaired) electrons. The Morgan fingerprint density at radius 3 is 2.75 bits per heavy atom. The average Bonchev–Trinajstić information content (AvgIpc) is 2.98. The van der Waals surface area contributed by atoms with Crippen LogP contribution in [-0.2, 0) is 15.5 Å². The highest BCUT2D eigenvalue weighted by molar-refractivity contribution is 7.85. The second-order valence-electron chi connectivity index (χ2n) is 5.51. The van der Waals surface area contributed by atoms with E-state index >= 15 is 0 Å². The van der Waals surface area contributed by atoms with E-state index in [4.69, 9.17) is 4.74 Å². The Bertz CT molecular complexity index is 427. The quantitative estimate of drug-likeness (QED) is 0.840. The number of ether oxygens (including phenoxy) is 1. The molecule has 1 aliphatic heterocycles. The van der Waals surface area contributed by atoms with Gasteiger partial charge in [-0.25, -0.2) is 0 Å². The molecule has 1 saturated heterocycles. The minimum atomic E-state index is -0.939. The number of aryl methyl sites for hydroxylation is 1. The Hall–Kier alpha value is -0.710. The summed E-state index contributed by atoms with van der Waals surface area (Å²) in [6, 6.07) is 8.31. The maximum atomic E-state index is 12.5. The summed E-state index contributed by atoms with van der Waals surface area (Å²) in [5.41, 5.74) is 1.20. The van der Waals surface area contributed by atoms with Crippen LogP contribution < -0.4 is 5.32 Å². The molecule has 1 N–H and O–H groups in total. The van der Waals surface area contributed by atoms with E-state index in [1.165, 1.54) is 5.56 Å². The third-order valence-corrected chi connectivity index (χ3v) is 5.27. The highest BCUT2D eigenvalue weighted by atomic mass is 32.2. The van der Waals surface area contributed by atoms with Crippen molar-refractivity contribution < 1.29 is 8.95 Å². The largest absolute Gasteiger partial charge is 0.381 e. The van der Waals surface area contributed by atoms with Gasteiger partial charge in [0.1, 0.15) is 0 Å². The van der Waals surface area contributed by atoms with Gasteiger partial charge in [-0.05, 0) is 38.4 Å². The van der Waals surface area contributed by atoms with Gasteiger partial charge < -0.3 is 10.1 Å². The molecular weight excluding hydrogens is 270 g/mol. The maximum Gasteiger partial charge on any atom is 0.0545 e. The number of benzene rings is 1. The molecule has 1 aromatic rings. The van der Waals surface area contributed by atoms with E-state index < -0.39 is 10.8 Å². The summed E-state index contributed by atoms with van der Waals surface area (Å²) < 4.78 is 18.0. The molecule has 1 heterocycles. The van der Waals surface area contributed by atoms with Crippen molar-refractivity contribution in [3.63, 3.8) is 0 Å². The summed E-state index contributed by atoms with van der Waals surface area (Å²) in [6.45, 7) is 6.82. The van der Waals surface area contributed by atoms with Crippen molar-refractivity contribution in [2.45, 2.75) is 37.6 Å². The van der Waals surface area contributed by atoms with Crippen LogP contribution in [0.25, 0.3) is 0 Å². The summed E-state index contributed by atoms with van der Waals surface area (Å²) in [5, 5.41) is 3.55. The second kappa shape index (κ2) is 7.91. The molecule has 4 heteroatoms. The van der Waals surface area contributed by atoms with Crippen molar-refractivity contribution >= 4 is 10.8 Å². The van der Waals surface area contributed by atoms with Crippen molar-refractivity contribution in [2.24, 2.45) is 5.92 Å². The lowest BCUT2D eigenvalue weighted by Gasteiger charge is -2.23. The summed E-state index contributed by atoms with van der Waals surface area (Å²) in [4.78, 5) is 0.929. The minimum Gasteiger partial charge on any atom is -0.381 e. The van der Waals surface area contributed by atoms with Gasteiger partial charge in [0.15, 0.2) is 0 Å². The third-order valence-electron chi connectivity index (χ3n) is 3.81. The van der Waals surface area contributed by atoms with E-state index in [9.17, 15) is 4.21 Å². The SMILES string of the molecule is CCCNC(CS(=O)c1ccc(C)cc1)C1CCOC1. The van der Waals surface area contributed by atoms with Crippen LogP contribution in [-0.4, -0.2) is 35.8 Å². The molecule has 3 atom stereocenters. The van der Waals surface area contributed by atoms with E-state index in [1.54, 1.807) is 0 Å². The van der Waals surface area contributed by atoms with Crippen LogP contribution in [0.15, 0.2) is 29.2 Å². The van der Waals surface area contributed by atoms with Gasteiger partial charge in [-0.1, -0.05) is 24.6 Å². The smallest absolute Gasteiger partial charge is 0.0545 e. The Balaban J connectivity index is 1.98. The third kappa shape index (κ3) is 4.40. The van der Waals surface area contributed by atoms with Crippen LogP contribution in [0.4, 0.5) is 0 Å². The topological polar surface area (TPSA) is 38.3 Å². The number of rotatable bonds is 7. The average molecular weight is 295 g/mol. The number of nitrogens with one attached hydrogen (secondary N) is 1. The van der Waals surface area contributed by atoms with E-state index in [2.05, 4.69) is 12.2 Å². The first-order chi connectivity index (χ1) is 9.70. The van der Waals surface area contributed by atoms with Crippen LogP contribution in [0, 0.1) is 12.8 Å². The summed E-state index contributed by atoms with van der Waals surface area (Å²) in [6.07, 6.45) is 2.17. The molecule has 2 rings (SSSR count). The maximum absolute atomic E-state index is 12.5. The van der Waals surface area contributed by atoms with Gasteiger partial charge in [-0.15, -0.1) is 0 Å². The zero-order valence-corrected chi connectivity index (χ0v) is 13.2. The molecule has 1 aromatic carbocycles. The lowest BCUT2D eigenvalue weighted by Crippen LogP contribution is -2.41. The van der Waals surface area contributed by atoms with Crippen LogP contribution in [0.3, 0.4) is 0 Å². The van der Waals surface area contributed by atoms with Gasteiger partial charge in [-0.2, -0.15) is 0 Å². The van der Waals surface area contributed by atoms with Crippen molar-refractivity contribution in [3.8, 4) is 0 Å². The molecule has 0 bridgehead atoms. The van der Waals surface area contributed by atoms with Crippen molar-refractivity contribution in [3.05, 3.63) is 29.8 Å². The molecule has 0 amide bonds. The lowest BCUT2D eigenvalue weighted by molar-refractivity contribution is 0.179. The first kappa shape index (κ1) is 15.7. The van der Waals surface area contributed by atoms with E-state index in [0.29, 0.717) is 17.7 Å². The Kier molecular flexibility index (Phi) is 6.20. The van der Waals surface area contributed by atoms with Crippen molar-refractivity contribution in [1.82, 2.24) is 5.32 Å². The highest BCUT2D eigenvalue weighted by Crippen LogP contribution is 2.19. The molecule has 0 aromatic heterocycles. The van der Waals surface area contributed by atoms with Crippen LogP contribution in [0.2, 0.25) is 0 Å². The Morgan fingerprint density at radius 1 is 1.40 bits per heavy atom. The number of hydrogen-bond donors (Lipinski definition) is 1. The monoisotopic (exact) mass is 295 g/mol. The van der Waals surface area contributed by atoms with Gasteiger partial charge in [-0.3, -0.25) is 4.21 Å². The predicted octanol–water partition coefficient (Wildman–Crippen LogP) is 2.51. The fourth-order valence-electron chi connectivity index (χ4n) is 2.51. The second-order valence-corrected chi connectivity index (χ2v) is 7.01. The number of hydrogen-bond acceptors (Lipinski definition) is 3. The fourth-order valence-corrected chi connectivity index (χ4v) is 3.86. The van der Waals surface area contributed by atoms with Gasteiger partial charge in [0.2, 0.25) is 0 Å². The highest BCUT2D eigenvalue weighted by Gasteiger charge is 2.27. The first-order valence-electron chi connectivity index (χ1n) is 7.47. The van der Waals surface area contributed by atoms with Crippen LogP contribution in [0.5, 0.6) is 0 Å². The molecule has 3 unspecified atom stereocenters. The zero-order valence-electron chi connectivity index (χ0n) is 12.4. The summed E-state index contributed by atoms with van der Waals surface area (Å²) >= 11 is 0. The first-order valence-corrected chi connectivity index (χ1v) is 8.78. The molecule has 0 spiro atoms. The van der Waals surface area contributed by atoms with E-state index in [0.717, 1.165) is 37.5 Å². The van der Waals surface area contributed by atoms with Gasteiger partial charge >= 0.3 is 0 Å². The molecule has 3 nitrogen and oxygen atoms in total. The summed E-state index contributed by atoms with van der Waals surface area (Å²) in [7, 11) is -0.939. The molecule has 20 heavy (non-hydrogen) atoms. The van der Waals surface area contributed by atoms with Crippen LogP contribution in [0.1, 0.15) is 25.3 Å². The van der Waals surface area contributed by atoms with Gasteiger partial charge in [0, 0.05) is 29.2 Å². The predicted molar refractivity (Wildman–Crippen MR) is 83.5 cm³/mol. The molecule has 0 saturated carbocycles. The zero-order chi connectivity index (χ0) is 14.4. The Morgan fingerprint density at radius 2 is 2.15 bits per heavy atom. The van der Waals surface area contributed by atoms with E-state index in [-0.39, 0.29) is 0 Å². The Labute approximate surface area is 124 Å². The lowest BCUT2D eigenvalue weighted by atomic mass is 10.0. The van der Waals surface area contributed by atoms with Crippen molar-refractivity contribution in [2.75, 3.05) is 25.5 Å². The van der Waals surface area contributed by atoms with Gasteiger partial charge in [0.25, 0.3) is 0 Å². The van der Waals surface area contributed by atoms with Crippen LogP contribution >= 0.6 is 0 Å². The fraction of sp³-hybridized carbons (Fsp3) is 0.625. The molecule has 1 aliphatic rings. The summed E-state index contributed by atoms with van der Waals surface area (Å²) in [5.74, 6) is 1.17.